The molecule has 146 valence electrons. The van der Waals surface area contributed by atoms with E-state index in [2.05, 4.69) is 4.99 Å². The largest absolute Gasteiger partial charge is 0.550 e. The highest BCUT2D eigenvalue weighted by molar-refractivity contribution is 8.16. The standard InChI is InChI=1S/C18H22N2O5S2/c1-11-6-7-12(2)13(8-11)20-14-9-27(24,25)10-15(14)26-18(20)19-16(21)4-3-5-17(22)23/h6-8,14-15H,3-5,9-10H2,1-2H3,(H,22,23)/p-1/t14-,15-/m0/s1. The highest BCUT2D eigenvalue weighted by Gasteiger charge is 2.49. The molecule has 2 aliphatic rings. The number of carbonyl (C=O) groups is 2. The lowest BCUT2D eigenvalue weighted by Gasteiger charge is -2.26. The minimum Gasteiger partial charge on any atom is -0.550 e. The third-order valence-corrected chi connectivity index (χ3v) is 7.89. The molecule has 2 heterocycles. The van der Waals surface area contributed by atoms with Crippen molar-refractivity contribution in [3.8, 4) is 0 Å². The molecule has 0 bridgehead atoms. The molecule has 27 heavy (non-hydrogen) atoms. The first-order valence-corrected chi connectivity index (χ1v) is 11.4. The van der Waals surface area contributed by atoms with Crippen molar-refractivity contribution >= 4 is 44.3 Å². The fourth-order valence-electron chi connectivity index (χ4n) is 3.37. The van der Waals surface area contributed by atoms with E-state index < -0.39 is 21.7 Å². The molecule has 0 aromatic heterocycles. The van der Waals surface area contributed by atoms with E-state index in [1.54, 1.807) is 0 Å². The summed E-state index contributed by atoms with van der Waals surface area (Å²) in [6, 6.07) is 5.66. The number of thioether (sulfide) groups is 1. The number of aryl methyl sites for hydroxylation is 2. The van der Waals surface area contributed by atoms with Gasteiger partial charge >= 0.3 is 0 Å². The lowest BCUT2D eigenvalue weighted by molar-refractivity contribution is -0.305. The highest BCUT2D eigenvalue weighted by Crippen LogP contribution is 2.42. The maximum Gasteiger partial charge on any atom is 0.248 e. The second-order valence-electron chi connectivity index (χ2n) is 6.97. The van der Waals surface area contributed by atoms with Gasteiger partial charge in [0.25, 0.3) is 0 Å². The van der Waals surface area contributed by atoms with Crippen LogP contribution in [0, 0.1) is 13.8 Å². The average Bonchev–Trinajstić information content (AvgIpc) is 3.00. The molecule has 2 atom stereocenters. The average molecular weight is 410 g/mol. The summed E-state index contributed by atoms with van der Waals surface area (Å²) in [5.41, 5.74) is 2.86. The molecule has 7 nitrogen and oxygen atoms in total. The summed E-state index contributed by atoms with van der Waals surface area (Å²) in [4.78, 5) is 28.8. The van der Waals surface area contributed by atoms with Crippen LogP contribution in [0.3, 0.4) is 0 Å². The predicted octanol–water partition coefficient (Wildman–Crippen LogP) is 0.825. The van der Waals surface area contributed by atoms with Crippen LogP contribution in [0.25, 0.3) is 0 Å². The van der Waals surface area contributed by atoms with Crippen molar-refractivity contribution < 1.29 is 23.1 Å². The Morgan fingerprint density at radius 3 is 2.70 bits per heavy atom. The van der Waals surface area contributed by atoms with E-state index in [-0.39, 0.29) is 42.1 Å². The maximum atomic E-state index is 12.2. The van der Waals surface area contributed by atoms with Crippen molar-refractivity contribution in [2.45, 2.75) is 44.4 Å². The summed E-state index contributed by atoms with van der Waals surface area (Å²) < 4.78 is 24.2. The van der Waals surface area contributed by atoms with Crippen LogP contribution in [-0.2, 0) is 19.4 Å². The Bertz CT molecular complexity index is 910. The van der Waals surface area contributed by atoms with Crippen molar-refractivity contribution in [2.24, 2.45) is 4.99 Å². The minimum absolute atomic E-state index is 0.0202. The van der Waals surface area contributed by atoms with E-state index in [0.717, 1.165) is 16.8 Å². The third-order valence-electron chi connectivity index (χ3n) is 4.68. The summed E-state index contributed by atoms with van der Waals surface area (Å²) in [6.45, 7) is 3.90. The summed E-state index contributed by atoms with van der Waals surface area (Å²) >= 11 is 1.32. The Hall–Kier alpha value is -1.87. The Balaban J connectivity index is 1.91. The van der Waals surface area contributed by atoms with Crippen molar-refractivity contribution in [1.82, 2.24) is 0 Å². The van der Waals surface area contributed by atoms with E-state index >= 15 is 0 Å². The van der Waals surface area contributed by atoms with Gasteiger partial charge in [-0.2, -0.15) is 4.99 Å². The number of sulfone groups is 1. The van der Waals surface area contributed by atoms with Gasteiger partial charge in [0.1, 0.15) is 0 Å². The second kappa shape index (κ2) is 7.63. The number of aliphatic carboxylic acids is 1. The first-order chi connectivity index (χ1) is 12.7. The van der Waals surface area contributed by atoms with Crippen molar-refractivity contribution in [1.29, 1.82) is 0 Å². The summed E-state index contributed by atoms with van der Waals surface area (Å²) in [5.74, 6) is -1.49. The number of carboxylic acids is 1. The molecule has 0 spiro atoms. The molecule has 0 N–H and O–H groups in total. The van der Waals surface area contributed by atoms with Crippen LogP contribution in [-0.4, -0.2) is 48.3 Å². The SMILES string of the molecule is Cc1ccc(C)c(N2C(=NC(=O)CCCC(=O)[O-])S[C@H]3CS(=O)(=O)C[C@@H]32)c1. The maximum absolute atomic E-state index is 12.2. The quantitative estimate of drug-likeness (QED) is 0.709. The Morgan fingerprint density at radius 2 is 2.00 bits per heavy atom. The molecule has 0 unspecified atom stereocenters. The van der Waals surface area contributed by atoms with E-state index in [1.807, 2.05) is 36.9 Å². The van der Waals surface area contributed by atoms with Gasteiger partial charge in [0.15, 0.2) is 15.0 Å². The highest BCUT2D eigenvalue weighted by atomic mass is 32.2. The van der Waals surface area contributed by atoms with Crippen molar-refractivity contribution in [2.75, 3.05) is 16.4 Å². The lowest BCUT2D eigenvalue weighted by atomic mass is 10.1. The molecule has 0 aliphatic carbocycles. The summed E-state index contributed by atoms with van der Waals surface area (Å²) in [7, 11) is -3.12. The molecular weight excluding hydrogens is 388 g/mol. The van der Waals surface area contributed by atoms with Crippen LogP contribution >= 0.6 is 11.8 Å². The summed E-state index contributed by atoms with van der Waals surface area (Å²) in [6.07, 6.45) is 0.00751. The topological polar surface area (TPSA) is 107 Å². The number of benzene rings is 1. The van der Waals surface area contributed by atoms with E-state index in [1.165, 1.54) is 11.8 Å². The molecule has 9 heteroatoms. The Kier molecular flexibility index (Phi) is 5.62. The number of aliphatic imine (C=N–C) groups is 1. The number of rotatable bonds is 5. The monoisotopic (exact) mass is 409 g/mol. The molecule has 3 rings (SSSR count). The summed E-state index contributed by atoms with van der Waals surface area (Å²) in [5, 5.41) is 10.8. The molecular formula is C18H21N2O5S2-. The van der Waals surface area contributed by atoms with E-state index in [9.17, 15) is 23.1 Å². The van der Waals surface area contributed by atoms with Gasteiger partial charge in [0.05, 0.1) is 17.5 Å². The van der Waals surface area contributed by atoms with Gasteiger partial charge < -0.3 is 14.8 Å². The van der Waals surface area contributed by atoms with Gasteiger partial charge in [-0.05, 0) is 43.9 Å². The molecule has 0 radical (unpaired) electrons. The normalized spacial score (nSPS) is 25.0. The van der Waals surface area contributed by atoms with Crippen molar-refractivity contribution in [3.63, 3.8) is 0 Å². The fourth-order valence-corrected chi connectivity index (χ4v) is 7.30. The lowest BCUT2D eigenvalue weighted by Crippen LogP contribution is -2.38. The van der Waals surface area contributed by atoms with Gasteiger partial charge in [0, 0.05) is 23.3 Å². The zero-order valence-corrected chi connectivity index (χ0v) is 16.8. The van der Waals surface area contributed by atoms with Gasteiger partial charge in [-0.1, -0.05) is 23.9 Å². The molecule has 2 fully saturated rings. The number of amidine groups is 1. The number of nitrogens with zero attached hydrogens (tertiary/aromatic N) is 2. The van der Waals surface area contributed by atoms with Crippen molar-refractivity contribution in [3.05, 3.63) is 29.3 Å². The van der Waals surface area contributed by atoms with Crippen LogP contribution in [0.5, 0.6) is 0 Å². The van der Waals surface area contributed by atoms with Crippen LogP contribution < -0.4 is 10.0 Å². The molecule has 2 aliphatic heterocycles. The molecule has 1 amide bonds. The predicted molar refractivity (Wildman–Crippen MR) is 104 cm³/mol. The van der Waals surface area contributed by atoms with Gasteiger partial charge in [0.2, 0.25) is 5.91 Å². The smallest absolute Gasteiger partial charge is 0.248 e. The number of amides is 1. The van der Waals surface area contributed by atoms with Crippen LogP contribution in [0.2, 0.25) is 0 Å². The number of anilines is 1. The Morgan fingerprint density at radius 1 is 1.26 bits per heavy atom. The number of carbonyl (C=O) groups excluding carboxylic acids is 2. The zero-order valence-electron chi connectivity index (χ0n) is 15.2. The number of hydrogen-bond acceptors (Lipinski definition) is 6. The number of hydrogen-bond donors (Lipinski definition) is 0. The number of fused-ring (bicyclic) bond motifs is 1. The van der Waals surface area contributed by atoms with Gasteiger partial charge in [-0.15, -0.1) is 0 Å². The van der Waals surface area contributed by atoms with Crippen LogP contribution in [0.1, 0.15) is 30.4 Å². The van der Waals surface area contributed by atoms with Gasteiger partial charge in [-0.25, -0.2) is 8.42 Å². The van der Waals surface area contributed by atoms with Crippen LogP contribution in [0.4, 0.5) is 5.69 Å². The third kappa shape index (κ3) is 4.52. The first kappa shape index (κ1) is 19.9. The number of carboxylic acid groups (broad SMARTS) is 1. The zero-order chi connectivity index (χ0) is 19.8. The molecule has 2 saturated heterocycles. The molecule has 0 saturated carbocycles. The van der Waals surface area contributed by atoms with E-state index in [4.69, 9.17) is 0 Å². The second-order valence-corrected chi connectivity index (χ2v) is 10.3. The van der Waals surface area contributed by atoms with Gasteiger partial charge in [-0.3, -0.25) is 4.79 Å². The fraction of sp³-hybridized carbons (Fsp3) is 0.500. The van der Waals surface area contributed by atoms with Crippen LogP contribution in [0.15, 0.2) is 23.2 Å². The first-order valence-electron chi connectivity index (χ1n) is 8.71. The molecule has 1 aromatic rings. The minimum atomic E-state index is -3.12. The molecule has 1 aromatic carbocycles. The van der Waals surface area contributed by atoms with E-state index in [0.29, 0.717) is 5.17 Å². The Labute approximate surface area is 162 Å².